The highest BCUT2D eigenvalue weighted by atomic mass is 19.4. The third-order valence-corrected chi connectivity index (χ3v) is 4.48. The van der Waals surface area contributed by atoms with Crippen molar-refractivity contribution in [3.8, 4) is 0 Å². The van der Waals surface area contributed by atoms with Gasteiger partial charge in [-0.05, 0) is 30.5 Å². The average molecular weight is 405 g/mol. The normalized spacial score (nSPS) is 12.0. The zero-order valence-electron chi connectivity index (χ0n) is 16.4. The minimum absolute atomic E-state index is 0.132. The number of hydrogen-bond acceptors (Lipinski definition) is 4. The molecular weight excluding hydrogens is 383 g/mol. The van der Waals surface area contributed by atoms with Gasteiger partial charge in [0, 0.05) is 36.6 Å². The molecule has 0 bridgehead atoms. The number of carbonyl (C=O) groups excluding carboxylic acids is 1. The van der Waals surface area contributed by atoms with E-state index >= 15 is 0 Å². The molecule has 0 aliphatic heterocycles. The Morgan fingerprint density at radius 1 is 1.28 bits per heavy atom. The van der Waals surface area contributed by atoms with Crippen LogP contribution in [0.5, 0.6) is 0 Å². The Hall–Kier alpha value is -2.97. The number of hydrogen-bond donors (Lipinski definition) is 1. The summed E-state index contributed by atoms with van der Waals surface area (Å²) in [5.74, 6) is 0.142. The van der Waals surface area contributed by atoms with Crippen molar-refractivity contribution in [2.24, 2.45) is 5.92 Å². The summed E-state index contributed by atoms with van der Waals surface area (Å²) in [5, 5.41) is 8.00. The Kier molecular flexibility index (Phi) is 5.86. The Labute approximate surface area is 166 Å². The van der Waals surface area contributed by atoms with Crippen LogP contribution in [0, 0.1) is 12.8 Å². The number of rotatable bonds is 6. The van der Waals surface area contributed by atoms with Crippen LogP contribution in [0.25, 0.3) is 10.9 Å². The predicted molar refractivity (Wildman–Crippen MR) is 103 cm³/mol. The molecule has 29 heavy (non-hydrogen) atoms. The smallest absolute Gasteiger partial charge is 0.310 e. The molecule has 0 aliphatic rings. The first-order valence-corrected chi connectivity index (χ1v) is 9.26. The van der Waals surface area contributed by atoms with E-state index in [9.17, 15) is 18.0 Å². The molecule has 154 valence electrons. The quantitative estimate of drug-likeness (QED) is 0.665. The summed E-state index contributed by atoms with van der Waals surface area (Å²) < 4.78 is 39.0. The van der Waals surface area contributed by atoms with Crippen molar-refractivity contribution >= 4 is 22.6 Å². The highest BCUT2D eigenvalue weighted by Crippen LogP contribution is 2.23. The molecule has 1 amide bonds. The Morgan fingerprint density at radius 2 is 2.03 bits per heavy atom. The third kappa shape index (κ3) is 5.30. The molecule has 6 nitrogen and oxygen atoms in total. The number of halogens is 3. The average Bonchev–Trinajstić information content (AvgIpc) is 3.03. The van der Waals surface area contributed by atoms with E-state index in [-0.39, 0.29) is 18.2 Å². The van der Waals surface area contributed by atoms with Crippen molar-refractivity contribution in [3.63, 3.8) is 0 Å². The molecule has 3 rings (SSSR count). The van der Waals surface area contributed by atoms with E-state index in [2.05, 4.69) is 20.4 Å². The van der Waals surface area contributed by atoms with Crippen LogP contribution in [0.1, 0.15) is 37.1 Å². The second kappa shape index (κ2) is 8.18. The summed E-state index contributed by atoms with van der Waals surface area (Å²) in [6, 6.07) is 3.57. The highest BCUT2D eigenvalue weighted by molar-refractivity contribution is 5.99. The molecule has 3 heterocycles. The lowest BCUT2D eigenvalue weighted by Crippen LogP contribution is -2.18. The van der Waals surface area contributed by atoms with Crippen LogP contribution < -0.4 is 5.32 Å². The number of alkyl halides is 3. The number of anilines is 1. The van der Waals surface area contributed by atoms with E-state index in [0.717, 1.165) is 11.1 Å². The molecule has 0 atom stereocenters. The summed E-state index contributed by atoms with van der Waals surface area (Å²) in [6.07, 6.45) is -0.278. The summed E-state index contributed by atoms with van der Waals surface area (Å²) in [4.78, 5) is 20.4. The van der Waals surface area contributed by atoms with Crippen molar-refractivity contribution in [2.75, 3.05) is 5.32 Å². The topological polar surface area (TPSA) is 72.7 Å². The summed E-state index contributed by atoms with van der Waals surface area (Å²) in [6.45, 7) is 5.75. The van der Waals surface area contributed by atoms with Crippen LogP contribution in [-0.4, -0.2) is 31.8 Å². The van der Waals surface area contributed by atoms with Gasteiger partial charge in [0.15, 0.2) is 0 Å². The Bertz CT molecular complexity index is 1030. The minimum atomic E-state index is -4.20. The standard InChI is InChI=1S/C20H22F3N5O/c1-12(2)19(29)26-18-15-11-28(27-17(15)5-7-24-18)10-14-8-13(3)16(25-9-14)4-6-20(21,22)23/h5,7-9,11-12H,4,6,10H2,1-3H3,(H,24,26,29). The molecule has 3 aromatic rings. The molecular formula is C20H22F3N5O. The van der Waals surface area contributed by atoms with Crippen molar-refractivity contribution < 1.29 is 18.0 Å². The summed E-state index contributed by atoms with van der Waals surface area (Å²) >= 11 is 0. The first-order valence-electron chi connectivity index (χ1n) is 9.26. The maximum atomic E-state index is 12.4. The van der Waals surface area contributed by atoms with Crippen LogP contribution in [0.4, 0.5) is 19.0 Å². The fourth-order valence-corrected chi connectivity index (χ4v) is 2.89. The van der Waals surface area contributed by atoms with Crippen molar-refractivity contribution in [3.05, 3.63) is 47.5 Å². The first kappa shape index (κ1) is 20.8. The largest absolute Gasteiger partial charge is 0.389 e. The number of aryl methyl sites for hydroxylation is 2. The number of pyridine rings is 2. The maximum absolute atomic E-state index is 12.4. The second-order valence-corrected chi connectivity index (χ2v) is 7.29. The number of amides is 1. The molecule has 0 aromatic carbocycles. The van der Waals surface area contributed by atoms with Crippen molar-refractivity contribution in [1.82, 2.24) is 19.7 Å². The maximum Gasteiger partial charge on any atom is 0.389 e. The van der Waals surface area contributed by atoms with Crippen LogP contribution in [-0.2, 0) is 17.8 Å². The zero-order valence-corrected chi connectivity index (χ0v) is 16.4. The first-order chi connectivity index (χ1) is 13.6. The number of carbonyl (C=O) groups is 1. The van der Waals surface area contributed by atoms with Gasteiger partial charge in [-0.25, -0.2) is 4.98 Å². The predicted octanol–water partition coefficient (Wildman–Crippen LogP) is 4.27. The van der Waals surface area contributed by atoms with Gasteiger partial charge in [-0.1, -0.05) is 19.9 Å². The lowest BCUT2D eigenvalue weighted by atomic mass is 10.1. The van der Waals surface area contributed by atoms with Gasteiger partial charge < -0.3 is 5.32 Å². The molecule has 0 saturated carbocycles. The van der Waals surface area contributed by atoms with Gasteiger partial charge in [0.1, 0.15) is 5.82 Å². The van der Waals surface area contributed by atoms with E-state index < -0.39 is 12.6 Å². The van der Waals surface area contributed by atoms with Gasteiger partial charge in [0.25, 0.3) is 0 Å². The fourth-order valence-electron chi connectivity index (χ4n) is 2.89. The van der Waals surface area contributed by atoms with E-state index in [1.807, 2.05) is 6.07 Å². The van der Waals surface area contributed by atoms with E-state index in [1.54, 1.807) is 50.1 Å². The van der Waals surface area contributed by atoms with Gasteiger partial charge in [0.05, 0.1) is 17.4 Å². The highest BCUT2D eigenvalue weighted by Gasteiger charge is 2.27. The fraction of sp³-hybridized carbons (Fsp3) is 0.400. The van der Waals surface area contributed by atoms with E-state index in [4.69, 9.17) is 0 Å². The third-order valence-electron chi connectivity index (χ3n) is 4.48. The van der Waals surface area contributed by atoms with Gasteiger partial charge in [-0.3, -0.25) is 14.5 Å². The number of nitrogens with zero attached hydrogens (tertiary/aromatic N) is 4. The molecule has 9 heteroatoms. The van der Waals surface area contributed by atoms with Gasteiger partial charge >= 0.3 is 6.18 Å². The number of fused-ring (bicyclic) bond motifs is 1. The molecule has 1 N–H and O–H groups in total. The Morgan fingerprint density at radius 3 is 2.69 bits per heavy atom. The SMILES string of the molecule is Cc1cc(Cn2cc3c(NC(=O)C(C)C)nccc3n2)cnc1CCC(F)(F)F. The van der Waals surface area contributed by atoms with Crippen molar-refractivity contribution in [2.45, 2.75) is 46.3 Å². The minimum Gasteiger partial charge on any atom is -0.310 e. The molecule has 3 aromatic heterocycles. The second-order valence-electron chi connectivity index (χ2n) is 7.29. The van der Waals surface area contributed by atoms with Gasteiger partial charge in [-0.15, -0.1) is 0 Å². The molecule has 0 fully saturated rings. The molecule has 0 spiro atoms. The van der Waals surface area contributed by atoms with E-state index in [0.29, 0.717) is 29.0 Å². The molecule has 0 radical (unpaired) electrons. The van der Waals surface area contributed by atoms with Gasteiger partial charge in [-0.2, -0.15) is 18.3 Å². The van der Waals surface area contributed by atoms with Crippen LogP contribution in [0.2, 0.25) is 0 Å². The van der Waals surface area contributed by atoms with Crippen LogP contribution in [0.15, 0.2) is 30.7 Å². The summed E-state index contributed by atoms with van der Waals surface area (Å²) in [5.41, 5.74) is 2.67. The van der Waals surface area contributed by atoms with Crippen LogP contribution in [0.3, 0.4) is 0 Å². The number of aromatic nitrogens is 4. The van der Waals surface area contributed by atoms with Crippen LogP contribution >= 0.6 is 0 Å². The molecule has 0 aliphatic carbocycles. The number of nitrogens with one attached hydrogen (secondary N) is 1. The van der Waals surface area contributed by atoms with E-state index in [1.165, 1.54) is 0 Å². The molecule has 0 unspecified atom stereocenters. The van der Waals surface area contributed by atoms with Gasteiger partial charge in [0.2, 0.25) is 5.91 Å². The lowest BCUT2D eigenvalue weighted by molar-refractivity contribution is -0.134. The monoisotopic (exact) mass is 405 g/mol. The summed E-state index contributed by atoms with van der Waals surface area (Å²) in [7, 11) is 0. The molecule has 0 saturated heterocycles. The Balaban J connectivity index is 1.78. The zero-order chi connectivity index (χ0) is 21.2. The van der Waals surface area contributed by atoms with Crippen molar-refractivity contribution in [1.29, 1.82) is 0 Å². The lowest BCUT2D eigenvalue weighted by Gasteiger charge is -2.09.